The number of sulfone groups is 1. The van der Waals surface area contributed by atoms with Crippen LogP contribution in [0.5, 0.6) is 11.5 Å². The molecule has 3 aliphatic heterocycles. The minimum atomic E-state index is -3.25. The van der Waals surface area contributed by atoms with E-state index in [0.29, 0.717) is 43.0 Å². The standard InChI is InChI=1S/C21H24N2O7S/c1-14(24)23-7-5-21(6-8-23)11-18(25)17-3-2-16(10-19(17)30-21)29-12-20(26)22-15-4-9-31(27,28)13-15/h2-4,9-10,15H,5-8,11-13H2,1H3,(H,22,26)/t15-/m1/s1. The number of amides is 2. The lowest BCUT2D eigenvalue weighted by Gasteiger charge is -2.43. The van der Waals surface area contributed by atoms with Gasteiger partial charge in [-0.1, -0.05) is 0 Å². The predicted octanol–water partition coefficient (Wildman–Crippen LogP) is 0.839. The molecule has 1 aromatic carbocycles. The van der Waals surface area contributed by atoms with Gasteiger partial charge >= 0.3 is 0 Å². The molecule has 1 atom stereocenters. The molecule has 9 nitrogen and oxygen atoms in total. The van der Waals surface area contributed by atoms with Crippen LogP contribution in [0.3, 0.4) is 0 Å². The molecule has 1 spiro atoms. The number of nitrogens with zero attached hydrogens (tertiary/aromatic N) is 1. The molecule has 10 heteroatoms. The summed E-state index contributed by atoms with van der Waals surface area (Å²) in [5, 5.41) is 3.68. The third-order valence-corrected chi connectivity index (χ3v) is 7.22. The van der Waals surface area contributed by atoms with Gasteiger partial charge in [0.25, 0.3) is 5.91 Å². The highest BCUT2D eigenvalue weighted by atomic mass is 32.2. The third-order valence-electron chi connectivity index (χ3n) is 5.83. The first-order valence-electron chi connectivity index (χ1n) is 10.1. The first kappa shape index (κ1) is 21.4. The number of ether oxygens (including phenoxy) is 2. The van der Waals surface area contributed by atoms with Gasteiger partial charge in [-0.3, -0.25) is 14.4 Å². The number of carbonyl (C=O) groups excluding carboxylic acids is 3. The van der Waals surface area contributed by atoms with E-state index in [-0.39, 0.29) is 30.5 Å². The Morgan fingerprint density at radius 2 is 2.03 bits per heavy atom. The van der Waals surface area contributed by atoms with Gasteiger partial charge in [0.1, 0.15) is 17.1 Å². The molecule has 0 bridgehead atoms. The Kier molecular flexibility index (Phi) is 5.50. The second kappa shape index (κ2) is 7.99. The fourth-order valence-electron chi connectivity index (χ4n) is 4.14. The molecule has 0 saturated carbocycles. The quantitative estimate of drug-likeness (QED) is 0.725. The van der Waals surface area contributed by atoms with Crippen LogP contribution in [0.15, 0.2) is 29.7 Å². The normalized spacial score (nSPS) is 23.2. The lowest BCUT2D eigenvalue weighted by molar-refractivity contribution is -0.132. The number of carbonyl (C=O) groups is 3. The van der Waals surface area contributed by atoms with Crippen LogP contribution in [0.25, 0.3) is 0 Å². The monoisotopic (exact) mass is 448 g/mol. The molecule has 0 aromatic heterocycles. The van der Waals surface area contributed by atoms with E-state index >= 15 is 0 Å². The first-order chi connectivity index (χ1) is 14.6. The van der Waals surface area contributed by atoms with Crippen LogP contribution in [-0.2, 0) is 19.4 Å². The molecule has 3 aliphatic rings. The lowest BCUT2D eigenvalue weighted by Crippen LogP contribution is -2.51. The van der Waals surface area contributed by atoms with Crippen molar-refractivity contribution < 1.29 is 32.3 Å². The van der Waals surface area contributed by atoms with Gasteiger partial charge < -0.3 is 19.7 Å². The number of nitrogens with one attached hydrogen (secondary N) is 1. The maximum absolute atomic E-state index is 12.7. The molecule has 31 heavy (non-hydrogen) atoms. The van der Waals surface area contributed by atoms with Crippen LogP contribution in [-0.4, -0.2) is 68.0 Å². The van der Waals surface area contributed by atoms with Crippen molar-refractivity contribution in [3.8, 4) is 11.5 Å². The Labute approximate surface area is 180 Å². The number of Topliss-reactive ketones (excluding diaryl/α,β-unsaturated/α-hetero) is 1. The molecule has 166 valence electrons. The van der Waals surface area contributed by atoms with E-state index in [1.165, 1.54) is 13.0 Å². The Bertz CT molecular complexity index is 1060. The average molecular weight is 448 g/mol. The third kappa shape index (κ3) is 4.73. The summed E-state index contributed by atoms with van der Waals surface area (Å²) in [5.74, 6) is 0.170. The topological polar surface area (TPSA) is 119 Å². The molecule has 0 radical (unpaired) electrons. The summed E-state index contributed by atoms with van der Waals surface area (Å²) < 4.78 is 34.6. The molecular formula is C21H24N2O7S. The molecule has 3 heterocycles. The summed E-state index contributed by atoms with van der Waals surface area (Å²) in [7, 11) is -3.25. The number of hydrogen-bond acceptors (Lipinski definition) is 7. The van der Waals surface area contributed by atoms with E-state index in [1.807, 2.05) is 0 Å². The largest absolute Gasteiger partial charge is 0.486 e. The maximum atomic E-state index is 12.7. The van der Waals surface area contributed by atoms with Crippen molar-refractivity contribution in [2.45, 2.75) is 37.8 Å². The van der Waals surface area contributed by atoms with E-state index in [1.54, 1.807) is 23.1 Å². The summed E-state index contributed by atoms with van der Waals surface area (Å²) in [6, 6.07) is 4.25. The van der Waals surface area contributed by atoms with E-state index in [4.69, 9.17) is 9.47 Å². The highest BCUT2D eigenvalue weighted by molar-refractivity contribution is 7.94. The highest BCUT2D eigenvalue weighted by Gasteiger charge is 2.43. The van der Waals surface area contributed by atoms with Crippen LogP contribution in [0.2, 0.25) is 0 Å². The van der Waals surface area contributed by atoms with E-state index < -0.39 is 27.4 Å². The molecule has 0 aliphatic carbocycles. The zero-order chi connectivity index (χ0) is 22.2. The number of likely N-dealkylation sites (tertiary alicyclic amines) is 1. The SMILES string of the molecule is CC(=O)N1CCC2(CC1)CC(=O)c1ccc(OCC(=O)N[C@@H]3C=CS(=O)(=O)C3)cc1O2. The first-order valence-corrected chi connectivity index (χ1v) is 11.8. The second-order valence-corrected chi connectivity index (χ2v) is 10.1. The van der Waals surface area contributed by atoms with Gasteiger partial charge in [-0.2, -0.15) is 0 Å². The summed E-state index contributed by atoms with van der Waals surface area (Å²) in [5.41, 5.74) is -0.162. The zero-order valence-electron chi connectivity index (χ0n) is 17.1. The van der Waals surface area contributed by atoms with Crippen LogP contribution in [0, 0.1) is 0 Å². The Hall–Kier alpha value is -2.88. The van der Waals surface area contributed by atoms with Crippen LogP contribution < -0.4 is 14.8 Å². The van der Waals surface area contributed by atoms with Crippen molar-refractivity contribution in [3.63, 3.8) is 0 Å². The van der Waals surface area contributed by atoms with Crippen molar-refractivity contribution in [1.82, 2.24) is 10.2 Å². The van der Waals surface area contributed by atoms with Crippen LogP contribution in [0.1, 0.15) is 36.5 Å². The van der Waals surface area contributed by atoms with Gasteiger partial charge in [-0.25, -0.2) is 8.42 Å². The molecule has 0 unspecified atom stereocenters. The van der Waals surface area contributed by atoms with Gasteiger partial charge in [-0.05, 0) is 18.2 Å². The molecule has 1 aromatic rings. The highest BCUT2D eigenvalue weighted by Crippen LogP contribution is 2.40. The molecule has 1 fully saturated rings. The van der Waals surface area contributed by atoms with E-state index in [9.17, 15) is 22.8 Å². The Balaban J connectivity index is 1.38. The smallest absolute Gasteiger partial charge is 0.258 e. The van der Waals surface area contributed by atoms with Crippen molar-refractivity contribution in [2.24, 2.45) is 0 Å². The summed E-state index contributed by atoms with van der Waals surface area (Å²) >= 11 is 0. The summed E-state index contributed by atoms with van der Waals surface area (Å²) in [6.07, 6.45) is 2.85. The number of fused-ring (bicyclic) bond motifs is 1. The van der Waals surface area contributed by atoms with Gasteiger partial charge in [-0.15, -0.1) is 0 Å². The van der Waals surface area contributed by atoms with Crippen molar-refractivity contribution in [3.05, 3.63) is 35.2 Å². The van der Waals surface area contributed by atoms with Crippen molar-refractivity contribution >= 4 is 27.4 Å². The van der Waals surface area contributed by atoms with Gasteiger partial charge in [0.15, 0.2) is 22.2 Å². The summed E-state index contributed by atoms with van der Waals surface area (Å²) in [6.45, 7) is 2.32. The number of benzene rings is 1. The predicted molar refractivity (Wildman–Crippen MR) is 111 cm³/mol. The molecule has 4 rings (SSSR count). The average Bonchev–Trinajstić information content (AvgIpc) is 3.04. The Morgan fingerprint density at radius 1 is 1.29 bits per heavy atom. The zero-order valence-corrected chi connectivity index (χ0v) is 17.9. The van der Waals surface area contributed by atoms with Crippen molar-refractivity contribution in [1.29, 1.82) is 0 Å². The summed E-state index contributed by atoms with van der Waals surface area (Å²) in [4.78, 5) is 38.1. The molecular weight excluding hydrogens is 424 g/mol. The fourth-order valence-corrected chi connectivity index (χ4v) is 5.37. The second-order valence-electron chi connectivity index (χ2n) is 8.17. The number of piperidine rings is 1. The van der Waals surface area contributed by atoms with Gasteiger partial charge in [0, 0.05) is 44.3 Å². The van der Waals surface area contributed by atoms with Crippen LogP contribution in [0.4, 0.5) is 0 Å². The van der Waals surface area contributed by atoms with Gasteiger partial charge in [0.05, 0.1) is 23.8 Å². The minimum absolute atomic E-state index is 0.0112. The van der Waals surface area contributed by atoms with E-state index in [2.05, 4.69) is 5.32 Å². The van der Waals surface area contributed by atoms with E-state index in [0.717, 1.165) is 5.41 Å². The lowest BCUT2D eigenvalue weighted by atomic mass is 9.82. The van der Waals surface area contributed by atoms with Crippen molar-refractivity contribution in [2.75, 3.05) is 25.4 Å². The fraction of sp³-hybridized carbons (Fsp3) is 0.476. The molecule has 2 amide bonds. The Morgan fingerprint density at radius 3 is 2.68 bits per heavy atom. The number of rotatable bonds is 4. The van der Waals surface area contributed by atoms with Crippen LogP contribution >= 0.6 is 0 Å². The number of hydrogen-bond donors (Lipinski definition) is 1. The molecule has 1 saturated heterocycles. The minimum Gasteiger partial charge on any atom is -0.486 e. The van der Waals surface area contributed by atoms with Gasteiger partial charge in [0.2, 0.25) is 5.91 Å². The maximum Gasteiger partial charge on any atom is 0.258 e. The molecule has 1 N–H and O–H groups in total. The number of ketones is 1.